The van der Waals surface area contributed by atoms with Crippen LogP contribution in [0.25, 0.3) is 0 Å². The molecule has 0 saturated carbocycles. The van der Waals surface area contributed by atoms with Crippen molar-refractivity contribution >= 4 is 0 Å². The molecule has 0 saturated heterocycles. The molecule has 0 fully saturated rings. The third-order valence-electron chi connectivity index (χ3n) is 1.23. The molecule has 1 N–H and O–H groups in total. The van der Waals surface area contributed by atoms with Crippen molar-refractivity contribution in [1.82, 2.24) is 4.98 Å². The number of nitrogens with zero attached hydrogens (tertiary/aromatic N) is 1. The third-order valence-corrected chi connectivity index (χ3v) is 1.23. The van der Waals surface area contributed by atoms with Crippen molar-refractivity contribution in [3.05, 3.63) is 29.3 Å². The van der Waals surface area contributed by atoms with E-state index in [1.54, 1.807) is 0 Å². The standard InChI is InChI=1S/C8H6FNO/c1-2-6-3-7(9)8(5-11)10-4-6/h1,3-4,11H,5H2. The maximum absolute atomic E-state index is 12.7. The van der Waals surface area contributed by atoms with Gasteiger partial charge in [-0.1, -0.05) is 5.92 Å². The number of aromatic nitrogens is 1. The summed E-state index contributed by atoms with van der Waals surface area (Å²) in [6.45, 7) is -0.406. The Kier molecular flexibility index (Phi) is 2.19. The Labute approximate surface area is 63.7 Å². The number of rotatable bonds is 1. The summed E-state index contributed by atoms with van der Waals surface area (Å²) in [6.07, 6.45) is 6.33. The average Bonchev–Trinajstić information content (AvgIpc) is 2.04. The minimum atomic E-state index is -0.567. The van der Waals surface area contributed by atoms with Gasteiger partial charge in [0.05, 0.1) is 6.61 Å². The fourth-order valence-electron chi connectivity index (χ4n) is 0.662. The van der Waals surface area contributed by atoms with Gasteiger partial charge in [0.2, 0.25) is 0 Å². The summed E-state index contributed by atoms with van der Waals surface area (Å²) in [4.78, 5) is 3.60. The molecular formula is C8H6FNO. The van der Waals surface area contributed by atoms with Gasteiger partial charge >= 0.3 is 0 Å². The van der Waals surface area contributed by atoms with E-state index in [0.29, 0.717) is 5.56 Å². The van der Waals surface area contributed by atoms with E-state index in [4.69, 9.17) is 11.5 Å². The van der Waals surface area contributed by atoms with Crippen LogP contribution in [0.3, 0.4) is 0 Å². The number of hydrogen-bond acceptors (Lipinski definition) is 2. The van der Waals surface area contributed by atoms with Gasteiger partial charge in [-0.2, -0.15) is 0 Å². The molecule has 11 heavy (non-hydrogen) atoms. The lowest BCUT2D eigenvalue weighted by molar-refractivity contribution is 0.270. The molecule has 1 heterocycles. The van der Waals surface area contributed by atoms with E-state index in [0.717, 1.165) is 0 Å². The second-order valence-electron chi connectivity index (χ2n) is 1.95. The van der Waals surface area contributed by atoms with E-state index in [2.05, 4.69) is 10.9 Å². The largest absolute Gasteiger partial charge is 0.390 e. The first-order valence-corrected chi connectivity index (χ1v) is 3.00. The summed E-state index contributed by atoms with van der Waals surface area (Å²) in [5.41, 5.74) is 0.392. The van der Waals surface area contributed by atoms with Crippen molar-refractivity contribution < 1.29 is 9.50 Å². The van der Waals surface area contributed by atoms with Gasteiger partial charge in [0.15, 0.2) is 0 Å². The van der Waals surface area contributed by atoms with Gasteiger partial charge in [-0.3, -0.25) is 4.98 Å². The molecule has 0 aromatic carbocycles. The quantitative estimate of drug-likeness (QED) is 0.599. The molecule has 0 atom stereocenters. The summed E-state index contributed by atoms with van der Waals surface area (Å²) >= 11 is 0. The predicted molar refractivity (Wildman–Crippen MR) is 38.1 cm³/mol. The SMILES string of the molecule is C#Cc1cnc(CO)c(F)c1. The first-order chi connectivity index (χ1) is 5.27. The molecule has 0 bridgehead atoms. The zero-order valence-electron chi connectivity index (χ0n) is 5.71. The topological polar surface area (TPSA) is 33.1 Å². The van der Waals surface area contributed by atoms with Crippen LogP contribution in [0.2, 0.25) is 0 Å². The summed E-state index contributed by atoms with van der Waals surface area (Å²) in [7, 11) is 0. The second kappa shape index (κ2) is 3.13. The minimum Gasteiger partial charge on any atom is -0.390 e. The van der Waals surface area contributed by atoms with Crippen LogP contribution in [-0.4, -0.2) is 10.1 Å². The van der Waals surface area contributed by atoms with Crippen LogP contribution >= 0.6 is 0 Å². The van der Waals surface area contributed by atoms with E-state index < -0.39 is 12.4 Å². The summed E-state index contributed by atoms with van der Waals surface area (Å²) in [6, 6.07) is 1.17. The molecule has 2 nitrogen and oxygen atoms in total. The van der Waals surface area contributed by atoms with E-state index >= 15 is 0 Å². The Morgan fingerprint density at radius 1 is 1.73 bits per heavy atom. The highest BCUT2D eigenvalue weighted by Gasteiger charge is 2.01. The van der Waals surface area contributed by atoms with E-state index in [-0.39, 0.29) is 5.69 Å². The van der Waals surface area contributed by atoms with Crippen LogP contribution in [-0.2, 0) is 6.61 Å². The third kappa shape index (κ3) is 1.54. The number of aliphatic hydroxyl groups is 1. The van der Waals surface area contributed by atoms with Crippen molar-refractivity contribution in [3.63, 3.8) is 0 Å². The van der Waals surface area contributed by atoms with Gasteiger partial charge in [-0.25, -0.2) is 4.39 Å². The number of halogens is 1. The Morgan fingerprint density at radius 2 is 2.45 bits per heavy atom. The molecule has 0 unspecified atom stereocenters. The highest BCUT2D eigenvalue weighted by atomic mass is 19.1. The van der Waals surface area contributed by atoms with E-state index in [1.807, 2.05) is 0 Å². The monoisotopic (exact) mass is 151 g/mol. The van der Waals surface area contributed by atoms with E-state index in [9.17, 15) is 4.39 Å². The van der Waals surface area contributed by atoms with Gasteiger partial charge in [-0.05, 0) is 6.07 Å². The van der Waals surface area contributed by atoms with Crippen LogP contribution in [0.5, 0.6) is 0 Å². The molecule has 0 radical (unpaired) electrons. The van der Waals surface area contributed by atoms with Crippen molar-refractivity contribution in [2.24, 2.45) is 0 Å². The number of hydrogen-bond donors (Lipinski definition) is 1. The molecule has 0 amide bonds. The van der Waals surface area contributed by atoms with Crippen LogP contribution in [0, 0.1) is 18.2 Å². The van der Waals surface area contributed by atoms with Gasteiger partial charge in [0.1, 0.15) is 11.5 Å². The molecule has 1 aromatic heterocycles. The predicted octanol–water partition coefficient (Wildman–Crippen LogP) is 0.694. The lowest BCUT2D eigenvalue weighted by atomic mass is 10.2. The zero-order valence-corrected chi connectivity index (χ0v) is 5.71. The van der Waals surface area contributed by atoms with Crippen LogP contribution in [0.4, 0.5) is 4.39 Å². The van der Waals surface area contributed by atoms with Crippen molar-refractivity contribution in [1.29, 1.82) is 0 Å². The van der Waals surface area contributed by atoms with Crippen molar-refractivity contribution in [2.75, 3.05) is 0 Å². The smallest absolute Gasteiger partial charge is 0.148 e. The number of terminal acetylenes is 1. The Hall–Kier alpha value is -1.40. The van der Waals surface area contributed by atoms with Crippen LogP contribution in [0.1, 0.15) is 11.3 Å². The van der Waals surface area contributed by atoms with Gasteiger partial charge < -0.3 is 5.11 Å². The van der Waals surface area contributed by atoms with Gasteiger partial charge in [0.25, 0.3) is 0 Å². The van der Waals surface area contributed by atoms with Crippen LogP contribution < -0.4 is 0 Å². The second-order valence-corrected chi connectivity index (χ2v) is 1.95. The molecule has 0 aliphatic heterocycles. The average molecular weight is 151 g/mol. The summed E-state index contributed by atoms with van der Waals surface area (Å²) < 4.78 is 12.7. The fourth-order valence-corrected chi connectivity index (χ4v) is 0.662. The molecule has 3 heteroatoms. The molecule has 1 rings (SSSR count). The zero-order chi connectivity index (χ0) is 8.27. The maximum atomic E-state index is 12.7. The highest BCUT2D eigenvalue weighted by molar-refractivity contribution is 5.30. The Balaban J connectivity index is 3.12. The molecular weight excluding hydrogens is 145 g/mol. The lowest BCUT2D eigenvalue weighted by Crippen LogP contribution is -1.94. The highest BCUT2D eigenvalue weighted by Crippen LogP contribution is 2.05. The molecule has 0 aliphatic rings. The first kappa shape index (κ1) is 7.70. The molecule has 0 spiro atoms. The fraction of sp³-hybridized carbons (Fsp3) is 0.125. The van der Waals surface area contributed by atoms with Gasteiger partial charge in [-0.15, -0.1) is 6.42 Å². The van der Waals surface area contributed by atoms with Crippen molar-refractivity contribution in [2.45, 2.75) is 6.61 Å². The maximum Gasteiger partial charge on any atom is 0.148 e. The number of pyridine rings is 1. The lowest BCUT2D eigenvalue weighted by Gasteiger charge is -1.96. The Bertz CT molecular complexity index is 303. The normalized spacial score (nSPS) is 9.18. The molecule has 1 aromatic rings. The van der Waals surface area contributed by atoms with Crippen molar-refractivity contribution in [3.8, 4) is 12.3 Å². The summed E-state index contributed by atoms with van der Waals surface area (Å²) in [5.74, 6) is 1.67. The minimum absolute atomic E-state index is 0.0176. The molecule has 0 aliphatic carbocycles. The van der Waals surface area contributed by atoms with E-state index in [1.165, 1.54) is 12.3 Å². The summed E-state index contributed by atoms with van der Waals surface area (Å²) in [5, 5.41) is 8.53. The molecule has 56 valence electrons. The number of aliphatic hydroxyl groups excluding tert-OH is 1. The van der Waals surface area contributed by atoms with Gasteiger partial charge in [0, 0.05) is 11.8 Å². The van der Waals surface area contributed by atoms with Crippen LogP contribution in [0.15, 0.2) is 12.3 Å². The first-order valence-electron chi connectivity index (χ1n) is 3.00. The Morgan fingerprint density at radius 3 is 2.91 bits per heavy atom.